The zero-order valence-corrected chi connectivity index (χ0v) is 15.8. The number of anilines is 1. The summed E-state index contributed by atoms with van der Waals surface area (Å²) in [4.78, 5) is 0. The van der Waals surface area contributed by atoms with E-state index in [0.717, 1.165) is 23.7 Å². The van der Waals surface area contributed by atoms with Crippen molar-refractivity contribution in [1.29, 1.82) is 0 Å². The van der Waals surface area contributed by atoms with Crippen LogP contribution in [0.3, 0.4) is 0 Å². The van der Waals surface area contributed by atoms with Crippen molar-refractivity contribution in [1.82, 2.24) is 0 Å². The van der Waals surface area contributed by atoms with Crippen LogP contribution in [0.15, 0.2) is 48.5 Å². The second-order valence-electron chi connectivity index (χ2n) is 8.10. The number of fused-ring (bicyclic) bond motifs is 1. The fourth-order valence-electron chi connectivity index (χ4n) is 3.70. The van der Waals surface area contributed by atoms with E-state index in [1.807, 2.05) is 18.2 Å². The Kier molecular flexibility index (Phi) is 4.71. The molecule has 2 aromatic carbocycles. The minimum atomic E-state index is -4.30. The van der Waals surface area contributed by atoms with Gasteiger partial charge >= 0.3 is 6.18 Å². The molecule has 0 amide bonds. The van der Waals surface area contributed by atoms with Crippen molar-refractivity contribution in [2.24, 2.45) is 0 Å². The molecule has 0 saturated carbocycles. The lowest BCUT2D eigenvalue weighted by Crippen LogP contribution is -2.29. The molecule has 1 heterocycles. The third-order valence-corrected chi connectivity index (χ3v) is 6.45. The first-order valence-corrected chi connectivity index (χ1v) is 12.4. The fourth-order valence-corrected chi connectivity index (χ4v) is 5.57. The summed E-state index contributed by atoms with van der Waals surface area (Å²) in [7, 11) is -1.42. The number of rotatable bonds is 3. The molecule has 25 heavy (non-hydrogen) atoms. The van der Waals surface area contributed by atoms with Crippen LogP contribution in [0.2, 0.25) is 25.7 Å². The van der Waals surface area contributed by atoms with Crippen molar-refractivity contribution in [3.8, 4) is 0 Å². The smallest absolute Gasteiger partial charge is 0.378 e. The third kappa shape index (κ3) is 4.26. The van der Waals surface area contributed by atoms with Crippen LogP contribution >= 0.6 is 0 Å². The van der Waals surface area contributed by atoms with Gasteiger partial charge in [-0.2, -0.15) is 13.2 Å². The van der Waals surface area contributed by atoms with E-state index in [2.05, 4.69) is 37.1 Å². The minimum absolute atomic E-state index is 0.145. The lowest BCUT2D eigenvalue weighted by atomic mass is 9.84. The van der Waals surface area contributed by atoms with Gasteiger partial charge in [0.2, 0.25) is 0 Å². The summed E-state index contributed by atoms with van der Waals surface area (Å²) in [5, 5.41) is 3.46. The fraction of sp³-hybridized carbons (Fsp3) is 0.400. The summed E-state index contributed by atoms with van der Waals surface area (Å²) >= 11 is 0. The van der Waals surface area contributed by atoms with Gasteiger partial charge < -0.3 is 5.32 Å². The molecule has 0 bridgehead atoms. The summed E-state index contributed by atoms with van der Waals surface area (Å²) in [6.45, 7) is 6.83. The largest absolute Gasteiger partial charge is 0.416 e. The SMILES string of the molecule is C[Si](C)(C)CC1C[C@@H](c2ccccc2)Nc2ccc(C(F)(F)F)cc21. The third-order valence-electron chi connectivity index (χ3n) is 4.73. The van der Waals surface area contributed by atoms with Gasteiger partial charge in [-0.3, -0.25) is 0 Å². The van der Waals surface area contributed by atoms with Gasteiger partial charge in [0, 0.05) is 13.8 Å². The van der Waals surface area contributed by atoms with Crippen molar-refractivity contribution in [3.63, 3.8) is 0 Å². The maximum Gasteiger partial charge on any atom is 0.416 e. The van der Waals surface area contributed by atoms with Gasteiger partial charge in [0.25, 0.3) is 0 Å². The number of halogens is 3. The molecule has 3 rings (SSSR count). The molecule has 2 aromatic rings. The monoisotopic (exact) mass is 363 g/mol. The second-order valence-corrected chi connectivity index (χ2v) is 13.6. The molecule has 5 heteroatoms. The van der Waals surface area contributed by atoms with E-state index in [0.29, 0.717) is 0 Å². The van der Waals surface area contributed by atoms with Crippen molar-refractivity contribution >= 4 is 13.8 Å². The van der Waals surface area contributed by atoms with Gasteiger partial charge in [0.05, 0.1) is 11.6 Å². The molecular weight excluding hydrogens is 339 g/mol. The predicted octanol–water partition coefficient (Wildman–Crippen LogP) is 6.68. The molecule has 1 aliphatic heterocycles. The Hall–Kier alpha value is -1.75. The molecule has 0 saturated heterocycles. The van der Waals surface area contributed by atoms with Gasteiger partial charge in [0.1, 0.15) is 0 Å². The van der Waals surface area contributed by atoms with Crippen LogP contribution in [-0.2, 0) is 6.18 Å². The zero-order valence-electron chi connectivity index (χ0n) is 14.8. The quantitative estimate of drug-likeness (QED) is 0.599. The summed E-state index contributed by atoms with van der Waals surface area (Å²) in [5.41, 5.74) is 2.31. The summed E-state index contributed by atoms with van der Waals surface area (Å²) in [5.74, 6) is 0.162. The van der Waals surface area contributed by atoms with Crippen LogP contribution in [0.5, 0.6) is 0 Å². The van der Waals surface area contributed by atoms with Gasteiger partial charge in [-0.1, -0.05) is 56.0 Å². The maximum atomic E-state index is 13.2. The van der Waals surface area contributed by atoms with Crippen molar-refractivity contribution in [2.75, 3.05) is 5.32 Å². The van der Waals surface area contributed by atoms with Gasteiger partial charge in [0.15, 0.2) is 0 Å². The molecule has 1 aliphatic rings. The van der Waals surface area contributed by atoms with E-state index >= 15 is 0 Å². The first-order chi connectivity index (χ1) is 11.6. The second kappa shape index (κ2) is 6.52. The van der Waals surface area contributed by atoms with Crippen LogP contribution in [0.1, 0.15) is 35.1 Å². The number of benzene rings is 2. The lowest BCUT2D eigenvalue weighted by molar-refractivity contribution is -0.137. The zero-order chi connectivity index (χ0) is 18.2. The highest BCUT2D eigenvalue weighted by Crippen LogP contribution is 2.45. The Morgan fingerprint density at radius 1 is 1.04 bits per heavy atom. The first-order valence-electron chi connectivity index (χ1n) is 8.66. The Morgan fingerprint density at radius 3 is 2.32 bits per heavy atom. The Labute approximate surface area is 148 Å². The average molecular weight is 363 g/mol. The van der Waals surface area contributed by atoms with Crippen LogP contribution in [0.25, 0.3) is 0 Å². The first kappa shape index (κ1) is 18.1. The number of alkyl halides is 3. The van der Waals surface area contributed by atoms with Crippen LogP contribution in [-0.4, -0.2) is 8.07 Å². The number of nitrogens with one attached hydrogen (secondary N) is 1. The van der Waals surface area contributed by atoms with E-state index in [9.17, 15) is 13.2 Å². The molecular formula is C20H24F3NSi. The van der Waals surface area contributed by atoms with Crippen molar-refractivity contribution < 1.29 is 13.2 Å². The highest BCUT2D eigenvalue weighted by molar-refractivity contribution is 6.76. The molecule has 1 nitrogen and oxygen atoms in total. The van der Waals surface area contributed by atoms with E-state index < -0.39 is 19.8 Å². The summed E-state index contributed by atoms with van der Waals surface area (Å²) in [6, 6.07) is 15.4. The van der Waals surface area contributed by atoms with Crippen molar-refractivity contribution in [3.05, 3.63) is 65.2 Å². The molecule has 0 fully saturated rings. The standard InChI is InChI=1S/C20H24F3NSi/c1-25(2,3)13-15-11-19(14-7-5-4-6-8-14)24-18-10-9-16(12-17(15)18)20(21,22)23/h4-10,12,15,19,24H,11,13H2,1-3H3/t15?,19-/m0/s1. The molecule has 1 N–H and O–H groups in total. The summed E-state index contributed by atoms with van der Waals surface area (Å²) in [6.07, 6.45) is -3.46. The lowest BCUT2D eigenvalue weighted by Gasteiger charge is -2.36. The normalized spacial score (nSPS) is 20.7. The highest BCUT2D eigenvalue weighted by atomic mass is 28.3. The minimum Gasteiger partial charge on any atom is -0.378 e. The summed E-state index contributed by atoms with van der Waals surface area (Å²) < 4.78 is 39.5. The molecule has 0 aromatic heterocycles. The molecule has 0 radical (unpaired) electrons. The van der Waals surface area contributed by atoms with E-state index in [4.69, 9.17) is 0 Å². The predicted molar refractivity (Wildman–Crippen MR) is 99.8 cm³/mol. The average Bonchev–Trinajstić information content (AvgIpc) is 2.53. The highest BCUT2D eigenvalue weighted by Gasteiger charge is 2.35. The Morgan fingerprint density at radius 2 is 1.72 bits per heavy atom. The molecule has 0 aliphatic carbocycles. The van der Waals surface area contributed by atoms with E-state index in [1.165, 1.54) is 17.7 Å². The number of hydrogen-bond acceptors (Lipinski definition) is 1. The van der Waals surface area contributed by atoms with Crippen LogP contribution in [0.4, 0.5) is 18.9 Å². The van der Waals surface area contributed by atoms with E-state index in [1.54, 1.807) is 6.07 Å². The van der Waals surface area contributed by atoms with Gasteiger partial charge in [-0.25, -0.2) is 0 Å². The Bertz CT molecular complexity index is 735. The van der Waals surface area contributed by atoms with E-state index in [-0.39, 0.29) is 12.0 Å². The van der Waals surface area contributed by atoms with Gasteiger partial charge in [-0.15, -0.1) is 0 Å². The van der Waals surface area contributed by atoms with Gasteiger partial charge in [-0.05, 0) is 41.7 Å². The van der Waals surface area contributed by atoms with Crippen molar-refractivity contribution in [2.45, 2.75) is 50.2 Å². The van der Waals surface area contributed by atoms with Crippen LogP contribution < -0.4 is 5.32 Å². The molecule has 2 atom stereocenters. The molecule has 134 valence electrons. The van der Waals surface area contributed by atoms with Crippen LogP contribution in [0, 0.1) is 0 Å². The molecule has 1 unspecified atom stereocenters. The topological polar surface area (TPSA) is 12.0 Å². The molecule has 0 spiro atoms. The Balaban J connectivity index is 2.00. The maximum absolute atomic E-state index is 13.2. The number of hydrogen-bond donors (Lipinski definition) is 1.